The number of amides is 1. The van der Waals surface area contributed by atoms with Crippen LogP contribution >= 0.6 is 11.6 Å². The Hall–Kier alpha value is -1.79. The number of nitrogens with zero attached hydrogens (tertiary/aromatic N) is 1. The summed E-state index contributed by atoms with van der Waals surface area (Å²) in [6, 6.07) is 5.72. The number of halogens is 1. The quantitative estimate of drug-likeness (QED) is 0.811. The van der Waals surface area contributed by atoms with Crippen LogP contribution < -0.4 is 4.90 Å². The Balaban J connectivity index is 3.03. The van der Waals surface area contributed by atoms with Crippen molar-refractivity contribution >= 4 is 29.4 Å². The van der Waals surface area contributed by atoms with Crippen LogP contribution in [0.15, 0.2) is 24.3 Å². The molecule has 0 aromatic heterocycles. The van der Waals surface area contributed by atoms with E-state index in [0.717, 1.165) is 0 Å². The van der Waals surface area contributed by atoms with Crippen LogP contribution in [0.1, 0.15) is 31.1 Å². The zero-order chi connectivity index (χ0) is 16.9. The first-order valence-corrected chi connectivity index (χ1v) is 7.25. The maximum Gasteiger partial charge on any atom is 0.414 e. The largest absolute Gasteiger partial charge is 0.478 e. The fourth-order valence-corrected chi connectivity index (χ4v) is 1.74. The summed E-state index contributed by atoms with van der Waals surface area (Å²) in [5, 5.41) is 18.6. The minimum atomic E-state index is -1.06. The molecule has 6 nitrogen and oxygen atoms in total. The number of rotatable bonds is 5. The second-order valence-corrected chi connectivity index (χ2v) is 6.06. The van der Waals surface area contributed by atoms with Crippen molar-refractivity contribution in [1.82, 2.24) is 0 Å². The van der Waals surface area contributed by atoms with E-state index < -0.39 is 23.8 Å². The summed E-state index contributed by atoms with van der Waals surface area (Å²) in [5.41, 5.74) is -0.170. The zero-order valence-electron chi connectivity index (χ0n) is 12.7. The zero-order valence-corrected chi connectivity index (χ0v) is 13.5. The molecule has 0 bridgehead atoms. The topological polar surface area (TPSA) is 87.1 Å². The molecule has 1 rings (SSSR count). The number of benzene rings is 1. The van der Waals surface area contributed by atoms with Gasteiger partial charge in [0.05, 0.1) is 24.1 Å². The van der Waals surface area contributed by atoms with E-state index in [1.807, 2.05) is 0 Å². The second kappa shape index (κ2) is 7.47. The lowest BCUT2D eigenvalue weighted by atomic mass is 10.2. The molecule has 22 heavy (non-hydrogen) atoms. The van der Waals surface area contributed by atoms with Crippen LogP contribution in [0.4, 0.5) is 10.5 Å². The van der Waals surface area contributed by atoms with E-state index in [1.165, 1.54) is 29.2 Å². The number of aromatic carboxylic acids is 1. The summed E-state index contributed by atoms with van der Waals surface area (Å²) in [6.45, 7) is 5.14. The van der Waals surface area contributed by atoms with E-state index in [4.69, 9.17) is 21.4 Å². The number of carboxylic acid groups (broad SMARTS) is 1. The summed E-state index contributed by atoms with van der Waals surface area (Å²) >= 11 is 5.58. The Bertz CT molecular complexity index is 524. The number of hydrogen-bond acceptors (Lipinski definition) is 4. The summed E-state index contributed by atoms with van der Waals surface area (Å²) < 4.78 is 5.29. The van der Waals surface area contributed by atoms with Crippen LogP contribution in [0.25, 0.3) is 0 Å². The predicted octanol–water partition coefficient (Wildman–Crippen LogP) is 2.73. The van der Waals surface area contributed by atoms with E-state index in [9.17, 15) is 14.7 Å². The number of aliphatic hydroxyl groups is 1. The van der Waals surface area contributed by atoms with Gasteiger partial charge in [-0.3, -0.25) is 4.90 Å². The average molecular weight is 330 g/mol. The highest BCUT2D eigenvalue weighted by molar-refractivity contribution is 6.18. The van der Waals surface area contributed by atoms with E-state index in [-0.39, 0.29) is 18.0 Å². The van der Waals surface area contributed by atoms with Crippen molar-refractivity contribution < 1.29 is 24.5 Å². The smallest absolute Gasteiger partial charge is 0.414 e. The molecule has 2 N–H and O–H groups in total. The normalized spacial score (nSPS) is 12.6. The molecule has 122 valence electrons. The molecule has 0 aliphatic rings. The van der Waals surface area contributed by atoms with Crippen LogP contribution in [-0.4, -0.2) is 46.4 Å². The SMILES string of the molecule is CC(C)(C)OC(=O)N(CC(O)CCl)c1ccc(C(=O)O)cc1. The van der Waals surface area contributed by atoms with E-state index in [1.54, 1.807) is 20.8 Å². The summed E-state index contributed by atoms with van der Waals surface area (Å²) in [5.74, 6) is -1.09. The molecule has 1 aromatic rings. The number of ether oxygens (including phenoxy) is 1. The van der Waals surface area contributed by atoms with Gasteiger partial charge in [-0.2, -0.15) is 0 Å². The molecule has 7 heteroatoms. The van der Waals surface area contributed by atoms with Crippen LogP contribution in [0, 0.1) is 0 Å². The molecule has 0 heterocycles. The standard InChI is InChI=1S/C15H20ClNO5/c1-15(2,3)22-14(21)17(9-12(18)8-16)11-6-4-10(5-7-11)13(19)20/h4-7,12,18H,8-9H2,1-3H3,(H,19,20). The summed E-state index contributed by atoms with van der Waals surface area (Å²) in [6.07, 6.45) is -1.56. The van der Waals surface area contributed by atoms with E-state index >= 15 is 0 Å². The van der Waals surface area contributed by atoms with E-state index in [0.29, 0.717) is 5.69 Å². The minimum absolute atomic E-state index is 0.0352. The molecular weight excluding hydrogens is 310 g/mol. The molecular formula is C15H20ClNO5. The van der Waals surface area contributed by atoms with Gasteiger partial charge in [-0.25, -0.2) is 9.59 Å². The van der Waals surface area contributed by atoms with Crippen LogP contribution in [0.5, 0.6) is 0 Å². The van der Waals surface area contributed by atoms with Gasteiger partial charge in [0.2, 0.25) is 0 Å². The van der Waals surface area contributed by atoms with Gasteiger partial charge in [-0.05, 0) is 45.0 Å². The lowest BCUT2D eigenvalue weighted by Crippen LogP contribution is -2.41. The average Bonchev–Trinajstić information content (AvgIpc) is 2.42. The fraction of sp³-hybridized carbons (Fsp3) is 0.467. The van der Waals surface area contributed by atoms with Crippen LogP contribution in [0.2, 0.25) is 0 Å². The van der Waals surface area contributed by atoms with Gasteiger partial charge in [0, 0.05) is 5.69 Å². The Morgan fingerprint density at radius 2 is 1.82 bits per heavy atom. The van der Waals surface area contributed by atoms with Crippen molar-refractivity contribution in [3.05, 3.63) is 29.8 Å². The van der Waals surface area contributed by atoms with Gasteiger partial charge in [0.15, 0.2) is 0 Å². The predicted molar refractivity (Wildman–Crippen MR) is 83.7 cm³/mol. The maximum absolute atomic E-state index is 12.3. The Morgan fingerprint density at radius 1 is 1.27 bits per heavy atom. The van der Waals surface area contributed by atoms with Gasteiger partial charge in [-0.1, -0.05) is 0 Å². The van der Waals surface area contributed by atoms with Gasteiger partial charge in [0.25, 0.3) is 0 Å². The molecule has 0 saturated carbocycles. The van der Waals surface area contributed by atoms with Crippen molar-refractivity contribution in [3.8, 4) is 0 Å². The maximum atomic E-state index is 12.3. The molecule has 0 radical (unpaired) electrons. The molecule has 1 unspecified atom stereocenters. The minimum Gasteiger partial charge on any atom is -0.478 e. The molecule has 0 saturated heterocycles. The first-order chi connectivity index (χ1) is 10.1. The fourth-order valence-electron chi connectivity index (χ4n) is 1.65. The summed E-state index contributed by atoms with van der Waals surface area (Å²) in [4.78, 5) is 24.4. The first kappa shape index (κ1) is 18.3. The third-order valence-electron chi connectivity index (χ3n) is 2.61. The van der Waals surface area contributed by atoms with Crippen molar-refractivity contribution in [3.63, 3.8) is 0 Å². The number of anilines is 1. The Kier molecular flexibility index (Phi) is 6.20. The van der Waals surface area contributed by atoms with Gasteiger partial charge in [0.1, 0.15) is 5.60 Å². The number of hydrogen-bond donors (Lipinski definition) is 2. The van der Waals surface area contributed by atoms with Crippen molar-refractivity contribution in [2.24, 2.45) is 0 Å². The lowest BCUT2D eigenvalue weighted by Gasteiger charge is -2.28. The first-order valence-electron chi connectivity index (χ1n) is 6.72. The Morgan fingerprint density at radius 3 is 2.23 bits per heavy atom. The number of carboxylic acids is 1. The molecule has 1 aromatic carbocycles. The third-order valence-corrected chi connectivity index (χ3v) is 2.97. The van der Waals surface area contributed by atoms with Crippen molar-refractivity contribution in [1.29, 1.82) is 0 Å². The van der Waals surface area contributed by atoms with Crippen LogP contribution in [0.3, 0.4) is 0 Å². The molecule has 0 spiro atoms. The highest BCUT2D eigenvalue weighted by Crippen LogP contribution is 2.20. The highest BCUT2D eigenvalue weighted by atomic mass is 35.5. The summed E-state index contributed by atoms with van der Waals surface area (Å²) in [7, 11) is 0. The van der Waals surface area contributed by atoms with Crippen molar-refractivity contribution in [2.45, 2.75) is 32.5 Å². The molecule has 0 aliphatic heterocycles. The monoisotopic (exact) mass is 329 g/mol. The van der Waals surface area contributed by atoms with Gasteiger partial charge < -0.3 is 14.9 Å². The molecule has 1 amide bonds. The molecule has 1 atom stereocenters. The van der Waals surface area contributed by atoms with Crippen molar-refractivity contribution in [2.75, 3.05) is 17.3 Å². The van der Waals surface area contributed by atoms with E-state index in [2.05, 4.69) is 0 Å². The number of carbonyl (C=O) groups is 2. The van der Waals surface area contributed by atoms with Gasteiger partial charge >= 0.3 is 12.1 Å². The highest BCUT2D eigenvalue weighted by Gasteiger charge is 2.25. The number of aliphatic hydroxyl groups excluding tert-OH is 1. The number of carbonyl (C=O) groups excluding carboxylic acids is 1. The third kappa shape index (κ3) is 5.54. The number of alkyl halides is 1. The molecule has 0 aliphatic carbocycles. The Labute approximate surface area is 134 Å². The second-order valence-electron chi connectivity index (χ2n) is 5.75. The lowest BCUT2D eigenvalue weighted by molar-refractivity contribution is 0.0560. The van der Waals surface area contributed by atoms with Gasteiger partial charge in [-0.15, -0.1) is 11.6 Å². The van der Waals surface area contributed by atoms with Crippen LogP contribution in [-0.2, 0) is 4.74 Å². The molecule has 0 fully saturated rings.